The normalized spacial score (nSPS) is 11.6. The maximum absolute atomic E-state index is 12.4. The number of carbonyl (C=O) groups excluding carboxylic acids is 1. The SMILES string of the molecule is CC(Nc1cc(C(=O)Nc2cccc(Cl)c2)ncn1)c1ccccc1. The molecule has 0 aliphatic heterocycles. The van der Waals surface area contributed by atoms with Gasteiger partial charge in [0.2, 0.25) is 0 Å². The van der Waals surface area contributed by atoms with Crippen LogP contribution in [0, 0.1) is 0 Å². The van der Waals surface area contributed by atoms with Gasteiger partial charge >= 0.3 is 0 Å². The highest BCUT2D eigenvalue weighted by Crippen LogP contribution is 2.19. The summed E-state index contributed by atoms with van der Waals surface area (Å²) in [6, 6.07) is 18.6. The lowest BCUT2D eigenvalue weighted by atomic mass is 10.1. The number of benzene rings is 2. The van der Waals surface area contributed by atoms with Crippen LogP contribution in [-0.2, 0) is 0 Å². The minimum Gasteiger partial charge on any atom is -0.363 e. The van der Waals surface area contributed by atoms with Gasteiger partial charge in [0.1, 0.15) is 17.8 Å². The first kappa shape index (κ1) is 16.9. The third kappa shape index (κ3) is 4.55. The maximum atomic E-state index is 12.4. The lowest BCUT2D eigenvalue weighted by molar-refractivity contribution is 0.102. The Kier molecular flexibility index (Phi) is 5.26. The van der Waals surface area contributed by atoms with Gasteiger partial charge < -0.3 is 10.6 Å². The number of rotatable bonds is 5. The molecule has 5 nitrogen and oxygen atoms in total. The molecule has 0 radical (unpaired) electrons. The summed E-state index contributed by atoms with van der Waals surface area (Å²) in [6.07, 6.45) is 1.37. The first-order valence-corrected chi connectivity index (χ1v) is 8.20. The molecule has 1 aromatic heterocycles. The second-order valence-corrected chi connectivity index (χ2v) is 5.97. The number of aromatic nitrogens is 2. The standard InChI is InChI=1S/C19H17ClN4O/c1-13(14-6-3-2-4-7-14)23-18-11-17(21-12-22-18)19(25)24-16-9-5-8-15(20)10-16/h2-13H,1H3,(H,24,25)(H,21,22,23). The van der Waals surface area contributed by atoms with Crippen molar-refractivity contribution in [2.75, 3.05) is 10.6 Å². The molecule has 2 N–H and O–H groups in total. The molecule has 3 aromatic rings. The minimum absolute atomic E-state index is 0.0555. The van der Waals surface area contributed by atoms with Crippen molar-refractivity contribution in [3.8, 4) is 0 Å². The van der Waals surface area contributed by atoms with E-state index in [4.69, 9.17) is 11.6 Å². The van der Waals surface area contributed by atoms with E-state index in [1.54, 1.807) is 30.3 Å². The van der Waals surface area contributed by atoms with E-state index in [2.05, 4.69) is 20.6 Å². The van der Waals surface area contributed by atoms with Gasteiger partial charge in [0, 0.05) is 22.8 Å². The van der Waals surface area contributed by atoms with E-state index in [1.807, 2.05) is 37.3 Å². The molecule has 1 heterocycles. The molecule has 0 fully saturated rings. The van der Waals surface area contributed by atoms with Crippen molar-refractivity contribution in [1.29, 1.82) is 0 Å². The number of anilines is 2. The Morgan fingerprint density at radius 1 is 1.04 bits per heavy atom. The summed E-state index contributed by atoms with van der Waals surface area (Å²) in [4.78, 5) is 20.6. The lowest BCUT2D eigenvalue weighted by Crippen LogP contribution is -2.15. The quantitative estimate of drug-likeness (QED) is 0.706. The highest BCUT2D eigenvalue weighted by Gasteiger charge is 2.11. The lowest BCUT2D eigenvalue weighted by Gasteiger charge is -2.15. The number of hydrogen-bond acceptors (Lipinski definition) is 4. The van der Waals surface area contributed by atoms with Gasteiger partial charge in [0.05, 0.1) is 0 Å². The van der Waals surface area contributed by atoms with E-state index in [1.165, 1.54) is 6.33 Å². The zero-order valence-electron chi connectivity index (χ0n) is 13.6. The van der Waals surface area contributed by atoms with Crippen molar-refractivity contribution < 1.29 is 4.79 Å². The van der Waals surface area contributed by atoms with Crippen LogP contribution >= 0.6 is 11.6 Å². The fourth-order valence-electron chi connectivity index (χ4n) is 2.37. The van der Waals surface area contributed by atoms with Gasteiger partial charge in [-0.1, -0.05) is 48.0 Å². The summed E-state index contributed by atoms with van der Waals surface area (Å²) in [7, 11) is 0. The van der Waals surface area contributed by atoms with Crippen LogP contribution in [0.15, 0.2) is 67.0 Å². The second kappa shape index (κ2) is 7.77. The number of hydrogen-bond donors (Lipinski definition) is 2. The molecule has 0 saturated carbocycles. The van der Waals surface area contributed by atoms with Gasteiger partial charge in [0.15, 0.2) is 0 Å². The van der Waals surface area contributed by atoms with Gasteiger partial charge in [-0.05, 0) is 30.7 Å². The molecule has 0 aliphatic rings. The van der Waals surface area contributed by atoms with E-state index < -0.39 is 0 Å². The molecule has 0 bridgehead atoms. The van der Waals surface area contributed by atoms with Gasteiger partial charge in [-0.15, -0.1) is 0 Å². The Balaban J connectivity index is 1.71. The minimum atomic E-state index is -0.319. The molecule has 1 atom stereocenters. The molecule has 0 spiro atoms. The highest BCUT2D eigenvalue weighted by atomic mass is 35.5. The van der Waals surface area contributed by atoms with Crippen LogP contribution in [0.4, 0.5) is 11.5 Å². The van der Waals surface area contributed by atoms with Gasteiger partial charge in [0.25, 0.3) is 5.91 Å². The van der Waals surface area contributed by atoms with Crippen LogP contribution in [0.5, 0.6) is 0 Å². The fourth-order valence-corrected chi connectivity index (χ4v) is 2.56. The van der Waals surface area contributed by atoms with E-state index in [0.717, 1.165) is 5.56 Å². The average Bonchev–Trinajstić information content (AvgIpc) is 2.62. The predicted octanol–water partition coefficient (Wildman–Crippen LogP) is 4.56. The second-order valence-electron chi connectivity index (χ2n) is 5.53. The number of halogens is 1. The summed E-state index contributed by atoms with van der Waals surface area (Å²) < 4.78 is 0. The Bertz CT molecular complexity index is 870. The summed E-state index contributed by atoms with van der Waals surface area (Å²) in [6.45, 7) is 2.03. The van der Waals surface area contributed by atoms with Crippen molar-refractivity contribution in [2.45, 2.75) is 13.0 Å². The average molecular weight is 353 g/mol. The topological polar surface area (TPSA) is 66.9 Å². The van der Waals surface area contributed by atoms with Crippen LogP contribution in [0.2, 0.25) is 5.02 Å². The summed E-state index contributed by atoms with van der Waals surface area (Å²) in [5.74, 6) is 0.266. The molecule has 0 saturated heterocycles. The summed E-state index contributed by atoms with van der Waals surface area (Å²) in [5.41, 5.74) is 2.02. The molecule has 3 rings (SSSR count). The maximum Gasteiger partial charge on any atom is 0.274 e. The Morgan fingerprint density at radius 2 is 1.84 bits per heavy atom. The van der Waals surface area contributed by atoms with Crippen molar-refractivity contribution in [1.82, 2.24) is 9.97 Å². The van der Waals surface area contributed by atoms with E-state index in [0.29, 0.717) is 16.5 Å². The summed E-state index contributed by atoms with van der Waals surface area (Å²) in [5, 5.41) is 6.60. The van der Waals surface area contributed by atoms with Crippen molar-refractivity contribution >= 4 is 29.0 Å². The third-order valence-corrected chi connectivity index (χ3v) is 3.88. The van der Waals surface area contributed by atoms with Gasteiger partial charge in [-0.25, -0.2) is 9.97 Å². The molecular weight excluding hydrogens is 336 g/mol. The number of nitrogens with one attached hydrogen (secondary N) is 2. The van der Waals surface area contributed by atoms with Crippen molar-refractivity contribution in [3.05, 3.63) is 83.3 Å². The zero-order valence-corrected chi connectivity index (χ0v) is 14.4. The number of amides is 1. The molecule has 25 heavy (non-hydrogen) atoms. The molecular formula is C19H17ClN4O. The Hall–Kier alpha value is -2.92. The molecule has 1 unspecified atom stereocenters. The van der Waals surface area contributed by atoms with E-state index >= 15 is 0 Å². The van der Waals surface area contributed by atoms with Crippen molar-refractivity contribution in [3.63, 3.8) is 0 Å². The first-order chi connectivity index (χ1) is 12.1. The Morgan fingerprint density at radius 3 is 2.60 bits per heavy atom. The van der Waals surface area contributed by atoms with Crippen LogP contribution in [0.25, 0.3) is 0 Å². The van der Waals surface area contributed by atoms with Crippen LogP contribution in [0.1, 0.15) is 29.0 Å². The van der Waals surface area contributed by atoms with E-state index in [9.17, 15) is 4.79 Å². The summed E-state index contributed by atoms with van der Waals surface area (Å²) >= 11 is 5.93. The monoisotopic (exact) mass is 352 g/mol. The zero-order chi connectivity index (χ0) is 17.6. The Labute approximate surface area is 151 Å². The molecule has 126 valence electrons. The van der Waals surface area contributed by atoms with Gasteiger partial charge in [-0.2, -0.15) is 0 Å². The largest absolute Gasteiger partial charge is 0.363 e. The molecule has 6 heteroatoms. The van der Waals surface area contributed by atoms with Crippen LogP contribution in [-0.4, -0.2) is 15.9 Å². The number of nitrogens with zero attached hydrogens (tertiary/aromatic N) is 2. The smallest absolute Gasteiger partial charge is 0.274 e. The van der Waals surface area contributed by atoms with E-state index in [-0.39, 0.29) is 17.6 Å². The first-order valence-electron chi connectivity index (χ1n) is 7.82. The van der Waals surface area contributed by atoms with Gasteiger partial charge in [-0.3, -0.25) is 4.79 Å². The third-order valence-electron chi connectivity index (χ3n) is 3.65. The van der Waals surface area contributed by atoms with Crippen molar-refractivity contribution in [2.24, 2.45) is 0 Å². The molecule has 2 aromatic carbocycles. The molecule has 1 amide bonds. The predicted molar refractivity (Wildman–Crippen MR) is 99.9 cm³/mol. The highest BCUT2D eigenvalue weighted by molar-refractivity contribution is 6.30. The molecule has 0 aliphatic carbocycles. The van der Waals surface area contributed by atoms with Crippen LogP contribution < -0.4 is 10.6 Å². The fraction of sp³-hybridized carbons (Fsp3) is 0.105. The number of carbonyl (C=O) groups is 1. The van der Waals surface area contributed by atoms with Crippen LogP contribution in [0.3, 0.4) is 0 Å².